The highest BCUT2D eigenvalue weighted by atomic mass is 32.2. The highest BCUT2D eigenvalue weighted by Gasteiger charge is 2.31. The van der Waals surface area contributed by atoms with Crippen LogP contribution in [0.5, 0.6) is 0 Å². The molecule has 0 spiro atoms. The molecule has 0 N–H and O–H groups in total. The molecule has 0 aromatic carbocycles. The molecule has 26 heavy (non-hydrogen) atoms. The smallest absolute Gasteiger partial charge is 0.197 e. The first-order chi connectivity index (χ1) is 12.6. The molecule has 5 rings (SSSR count). The van der Waals surface area contributed by atoms with E-state index in [2.05, 4.69) is 45.5 Å². The Hall–Kier alpha value is -1.47. The average molecular weight is 386 g/mol. The SMILES string of the molecule is CC1CCc2c(sc3ncnc(Sc4nnc(C(C)C)n4C4CC4)c23)C1. The van der Waals surface area contributed by atoms with Crippen LogP contribution in [0.25, 0.3) is 10.2 Å². The second-order valence-corrected chi connectivity index (χ2v) is 9.95. The van der Waals surface area contributed by atoms with Crippen molar-refractivity contribution in [1.82, 2.24) is 24.7 Å². The fourth-order valence-electron chi connectivity index (χ4n) is 3.84. The van der Waals surface area contributed by atoms with E-state index in [1.807, 2.05) is 11.3 Å². The second-order valence-electron chi connectivity index (χ2n) is 7.91. The van der Waals surface area contributed by atoms with E-state index >= 15 is 0 Å². The van der Waals surface area contributed by atoms with Gasteiger partial charge in [0.25, 0.3) is 0 Å². The van der Waals surface area contributed by atoms with Crippen molar-refractivity contribution in [2.24, 2.45) is 5.92 Å². The zero-order chi connectivity index (χ0) is 17.8. The van der Waals surface area contributed by atoms with E-state index < -0.39 is 0 Å². The van der Waals surface area contributed by atoms with Crippen molar-refractivity contribution in [3.8, 4) is 0 Å². The first kappa shape index (κ1) is 16.7. The van der Waals surface area contributed by atoms with Crippen molar-refractivity contribution in [2.45, 2.75) is 75.0 Å². The third-order valence-corrected chi connectivity index (χ3v) is 7.49. The average Bonchev–Trinajstić information content (AvgIpc) is 3.25. The van der Waals surface area contributed by atoms with Crippen LogP contribution in [0.15, 0.2) is 16.5 Å². The van der Waals surface area contributed by atoms with Gasteiger partial charge in [0.1, 0.15) is 22.0 Å². The van der Waals surface area contributed by atoms with Gasteiger partial charge < -0.3 is 4.57 Å². The predicted molar refractivity (Wildman–Crippen MR) is 105 cm³/mol. The lowest BCUT2D eigenvalue weighted by Crippen LogP contribution is -2.08. The lowest BCUT2D eigenvalue weighted by Gasteiger charge is -2.18. The van der Waals surface area contributed by atoms with Crippen LogP contribution in [-0.2, 0) is 12.8 Å². The van der Waals surface area contributed by atoms with E-state index in [1.54, 1.807) is 18.1 Å². The van der Waals surface area contributed by atoms with Gasteiger partial charge in [-0.15, -0.1) is 21.5 Å². The van der Waals surface area contributed by atoms with Crippen molar-refractivity contribution in [3.05, 3.63) is 22.6 Å². The molecule has 3 aromatic rings. The Morgan fingerprint density at radius 1 is 1.19 bits per heavy atom. The number of fused-ring (bicyclic) bond motifs is 3. The molecule has 0 radical (unpaired) electrons. The van der Waals surface area contributed by atoms with Crippen molar-refractivity contribution < 1.29 is 0 Å². The number of aryl methyl sites for hydroxylation is 1. The van der Waals surface area contributed by atoms with Gasteiger partial charge >= 0.3 is 0 Å². The summed E-state index contributed by atoms with van der Waals surface area (Å²) < 4.78 is 2.35. The zero-order valence-corrected chi connectivity index (χ0v) is 17.0. The van der Waals surface area contributed by atoms with Gasteiger partial charge in [0.05, 0.1) is 0 Å². The summed E-state index contributed by atoms with van der Waals surface area (Å²) in [6.07, 6.45) is 7.75. The van der Waals surface area contributed by atoms with Crippen LogP contribution in [0.1, 0.15) is 68.3 Å². The molecule has 5 nitrogen and oxygen atoms in total. The van der Waals surface area contributed by atoms with Gasteiger partial charge in [0.2, 0.25) is 0 Å². The van der Waals surface area contributed by atoms with Gasteiger partial charge in [-0.2, -0.15) is 0 Å². The van der Waals surface area contributed by atoms with Gasteiger partial charge in [0.15, 0.2) is 5.16 Å². The van der Waals surface area contributed by atoms with Crippen LogP contribution >= 0.6 is 23.1 Å². The maximum absolute atomic E-state index is 4.65. The molecule has 7 heteroatoms. The lowest BCUT2D eigenvalue weighted by atomic mass is 9.89. The van der Waals surface area contributed by atoms with Crippen LogP contribution in [0.3, 0.4) is 0 Å². The summed E-state index contributed by atoms with van der Waals surface area (Å²) in [5, 5.41) is 12.3. The molecule has 1 fully saturated rings. The quantitative estimate of drug-likeness (QED) is 0.590. The summed E-state index contributed by atoms with van der Waals surface area (Å²) in [7, 11) is 0. The molecule has 2 aliphatic rings. The van der Waals surface area contributed by atoms with Crippen molar-refractivity contribution >= 4 is 33.3 Å². The van der Waals surface area contributed by atoms with Crippen LogP contribution in [0.4, 0.5) is 0 Å². The minimum Gasteiger partial charge on any atom is -0.302 e. The molecule has 1 unspecified atom stereocenters. The second kappa shape index (κ2) is 6.30. The zero-order valence-electron chi connectivity index (χ0n) is 15.4. The van der Waals surface area contributed by atoms with E-state index in [1.165, 1.54) is 41.5 Å². The highest BCUT2D eigenvalue weighted by molar-refractivity contribution is 7.99. The molecule has 1 saturated carbocycles. The number of thiophene rings is 1. The molecule has 0 aliphatic heterocycles. The predicted octanol–water partition coefficient (Wildman–Crippen LogP) is 5.02. The number of hydrogen-bond acceptors (Lipinski definition) is 6. The van der Waals surface area contributed by atoms with Gasteiger partial charge in [-0.05, 0) is 55.3 Å². The van der Waals surface area contributed by atoms with E-state index in [9.17, 15) is 0 Å². The van der Waals surface area contributed by atoms with Crippen molar-refractivity contribution in [2.75, 3.05) is 0 Å². The van der Waals surface area contributed by atoms with E-state index in [0.29, 0.717) is 12.0 Å². The van der Waals surface area contributed by atoms with Crippen LogP contribution < -0.4 is 0 Å². The number of nitrogens with zero attached hydrogens (tertiary/aromatic N) is 5. The molecule has 3 aromatic heterocycles. The van der Waals surface area contributed by atoms with Crippen LogP contribution in [0.2, 0.25) is 0 Å². The highest BCUT2D eigenvalue weighted by Crippen LogP contribution is 2.44. The van der Waals surface area contributed by atoms with Crippen LogP contribution in [-0.4, -0.2) is 24.7 Å². The number of aromatic nitrogens is 5. The molecule has 0 saturated heterocycles. The number of rotatable bonds is 4. The number of hydrogen-bond donors (Lipinski definition) is 0. The van der Waals surface area contributed by atoms with Gasteiger partial charge in [-0.3, -0.25) is 0 Å². The largest absolute Gasteiger partial charge is 0.302 e. The molecule has 0 amide bonds. The Balaban J connectivity index is 1.59. The van der Waals surface area contributed by atoms with Gasteiger partial charge in [-0.1, -0.05) is 20.8 Å². The summed E-state index contributed by atoms with van der Waals surface area (Å²) in [5.74, 6) is 2.26. The Morgan fingerprint density at radius 3 is 2.81 bits per heavy atom. The minimum atomic E-state index is 0.387. The molecule has 1 atom stereocenters. The van der Waals surface area contributed by atoms with Gasteiger partial charge in [0, 0.05) is 22.2 Å². The van der Waals surface area contributed by atoms with Gasteiger partial charge in [-0.25, -0.2) is 9.97 Å². The normalized spacial score (nSPS) is 20.1. The molecular weight excluding hydrogens is 362 g/mol. The van der Waals surface area contributed by atoms with E-state index in [4.69, 9.17) is 0 Å². The topological polar surface area (TPSA) is 56.5 Å². The Morgan fingerprint density at radius 2 is 2.04 bits per heavy atom. The maximum Gasteiger partial charge on any atom is 0.197 e. The summed E-state index contributed by atoms with van der Waals surface area (Å²) >= 11 is 3.53. The molecule has 3 heterocycles. The fraction of sp³-hybridized carbons (Fsp3) is 0.579. The van der Waals surface area contributed by atoms with E-state index in [-0.39, 0.29) is 0 Å². The lowest BCUT2D eigenvalue weighted by molar-refractivity contribution is 0.509. The molecule has 136 valence electrons. The van der Waals surface area contributed by atoms with Crippen molar-refractivity contribution in [3.63, 3.8) is 0 Å². The minimum absolute atomic E-state index is 0.387. The standard InChI is InChI=1S/C19H23N5S2/c1-10(2)16-22-23-19(24(16)12-5-6-12)26-18-15-13-7-4-11(3)8-14(13)25-17(15)20-9-21-18/h9-12H,4-8H2,1-3H3. The third kappa shape index (κ3) is 2.76. The first-order valence-corrected chi connectivity index (χ1v) is 11.1. The van der Waals surface area contributed by atoms with E-state index in [0.717, 1.165) is 33.2 Å². The Labute approximate surface area is 161 Å². The fourth-order valence-corrected chi connectivity index (χ4v) is 6.27. The molecular formula is C19H23N5S2. The monoisotopic (exact) mass is 385 g/mol. The Bertz CT molecular complexity index is 970. The van der Waals surface area contributed by atoms with Crippen molar-refractivity contribution in [1.29, 1.82) is 0 Å². The summed E-state index contributed by atoms with van der Waals surface area (Å²) in [6.45, 7) is 6.73. The summed E-state index contributed by atoms with van der Waals surface area (Å²) in [6, 6.07) is 0.569. The molecule has 2 aliphatic carbocycles. The summed E-state index contributed by atoms with van der Waals surface area (Å²) in [4.78, 5) is 11.9. The molecule has 0 bridgehead atoms. The first-order valence-electron chi connectivity index (χ1n) is 9.49. The summed E-state index contributed by atoms with van der Waals surface area (Å²) in [5.41, 5.74) is 1.48. The Kier molecular flexibility index (Phi) is 4.05. The maximum atomic E-state index is 4.65. The van der Waals surface area contributed by atoms with Crippen LogP contribution in [0, 0.1) is 5.92 Å². The third-order valence-electron chi connectivity index (χ3n) is 5.36.